The molecule has 0 saturated heterocycles. The lowest BCUT2D eigenvalue weighted by atomic mass is 10.3. The first-order valence-corrected chi connectivity index (χ1v) is 4.25. The number of nitrogens with two attached hydrogens (primary N) is 1. The van der Waals surface area contributed by atoms with Crippen LogP contribution in [-0.2, 0) is 9.59 Å². The second-order valence-electron chi connectivity index (χ2n) is 2.76. The van der Waals surface area contributed by atoms with Gasteiger partial charge in [0, 0.05) is 11.3 Å². The number of carbonyl (C=O) groups is 2. The van der Waals surface area contributed by atoms with Crippen molar-refractivity contribution in [2.24, 2.45) is 10.7 Å². The van der Waals surface area contributed by atoms with Crippen molar-refractivity contribution in [2.75, 3.05) is 0 Å². The number of fused-ring (bicyclic) bond motifs is 1. The summed E-state index contributed by atoms with van der Waals surface area (Å²) in [6.45, 7) is 3.09. The molecule has 2 rings (SSSR count). The largest absolute Gasteiger partial charge is 0.366 e. The van der Waals surface area contributed by atoms with E-state index in [4.69, 9.17) is 0 Å². The molecule has 0 fully saturated rings. The molecule has 2 amide bonds. The molecule has 0 aromatic heterocycles. The number of para-hydroxylation sites is 1. The minimum atomic E-state index is -0.481. The van der Waals surface area contributed by atoms with Gasteiger partial charge in [0.2, 0.25) is 5.91 Å². The van der Waals surface area contributed by atoms with Gasteiger partial charge in [-0.3, -0.25) is 9.59 Å². The summed E-state index contributed by atoms with van der Waals surface area (Å²) in [6.07, 6.45) is 2.59. The Balaban J connectivity index is 0.000000195. The molecular weight excluding hydrogens is 192 g/mol. The van der Waals surface area contributed by atoms with E-state index < -0.39 is 5.91 Å². The summed E-state index contributed by atoms with van der Waals surface area (Å²) in [5.41, 5.74) is 4.53. The number of hydrogen-bond donors (Lipinski definition) is 1. The standard InChI is InChI=1S/C8H5NO.C3H5NO/c10-8-5-6-3-1-2-4-7(6)9-8;1-2-3(4)5/h1-5H;2H,1H2,(H2,4,5). The van der Waals surface area contributed by atoms with E-state index in [1.807, 2.05) is 24.3 Å². The van der Waals surface area contributed by atoms with Crippen LogP contribution in [0.5, 0.6) is 0 Å². The van der Waals surface area contributed by atoms with Crippen molar-refractivity contribution >= 4 is 17.9 Å². The van der Waals surface area contributed by atoms with Crippen LogP contribution in [0.15, 0.2) is 41.9 Å². The highest BCUT2D eigenvalue weighted by molar-refractivity contribution is 6.06. The molecule has 4 heteroatoms. The molecule has 1 aliphatic rings. The molecule has 0 saturated carbocycles. The van der Waals surface area contributed by atoms with E-state index in [1.54, 1.807) is 0 Å². The van der Waals surface area contributed by atoms with Crippen molar-refractivity contribution in [3.05, 3.63) is 47.5 Å². The molecule has 15 heavy (non-hydrogen) atoms. The SMILES string of the molecule is C=CC(N)=O.O=C1C=c2ccccc2=N1. The number of nitrogens with zero attached hydrogens (tertiary/aromatic N) is 1. The lowest BCUT2D eigenvalue weighted by Gasteiger charge is -1.77. The van der Waals surface area contributed by atoms with E-state index in [2.05, 4.69) is 17.3 Å². The molecule has 1 aromatic rings. The zero-order chi connectivity index (χ0) is 11.3. The average molecular weight is 202 g/mol. The minimum absolute atomic E-state index is 0.152. The lowest BCUT2D eigenvalue weighted by Crippen LogP contribution is -2.19. The Labute approximate surface area is 86.4 Å². The van der Waals surface area contributed by atoms with Crippen molar-refractivity contribution < 1.29 is 9.59 Å². The van der Waals surface area contributed by atoms with Crippen molar-refractivity contribution in [3.63, 3.8) is 0 Å². The van der Waals surface area contributed by atoms with E-state index in [1.165, 1.54) is 6.08 Å². The summed E-state index contributed by atoms with van der Waals surface area (Å²) < 4.78 is 0. The molecule has 0 unspecified atom stereocenters. The van der Waals surface area contributed by atoms with Crippen LogP contribution in [-0.4, -0.2) is 11.8 Å². The Bertz CT molecular complexity index is 481. The van der Waals surface area contributed by atoms with Crippen LogP contribution >= 0.6 is 0 Å². The number of primary amides is 1. The molecule has 1 heterocycles. The third-order valence-corrected chi connectivity index (χ3v) is 1.65. The molecule has 0 aliphatic carbocycles. The zero-order valence-electron chi connectivity index (χ0n) is 8.01. The number of hydrogen-bond acceptors (Lipinski definition) is 2. The molecule has 0 spiro atoms. The first-order chi connectivity index (χ1) is 7.13. The fraction of sp³-hybridized carbons (Fsp3) is 0. The fourth-order valence-corrected chi connectivity index (χ4v) is 0.995. The molecule has 4 nitrogen and oxygen atoms in total. The quantitative estimate of drug-likeness (QED) is 0.611. The van der Waals surface area contributed by atoms with Crippen LogP contribution in [0.2, 0.25) is 0 Å². The van der Waals surface area contributed by atoms with Gasteiger partial charge in [-0.25, -0.2) is 4.99 Å². The lowest BCUT2D eigenvalue weighted by molar-refractivity contribution is -0.114. The predicted octanol–water partition coefficient (Wildman–Crippen LogP) is -0.715. The Morgan fingerprint density at radius 2 is 2.00 bits per heavy atom. The van der Waals surface area contributed by atoms with Crippen LogP contribution in [0.1, 0.15) is 0 Å². The van der Waals surface area contributed by atoms with Gasteiger partial charge in [0.05, 0.1) is 5.36 Å². The average Bonchev–Trinajstić information content (AvgIpc) is 2.58. The first kappa shape index (κ1) is 10.8. The van der Waals surface area contributed by atoms with Crippen LogP contribution in [0.25, 0.3) is 6.08 Å². The predicted molar refractivity (Wildman–Crippen MR) is 56.1 cm³/mol. The summed E-state index contributed by atoms with van der Waals surface area (Å²) in [6, 6.07) is 7.47. The second kappa shape index (κ2) is 4.85. The number of benzene rings is 1. The highest BCUT2D eigenvalue weighted by Crippen LogP contribution is 1.81. The van der Waals surface area contributed by atoms with Gasteiger partial charge >= 0.3 is 0 Å². The number of amides is 2. The normalized spacial score (nSPS) is 11.3. The van der Waals surface area contributed by atoms with Crippen molar-refractivity contribution in [2.45, 2.75) is 0 Å². The Kier molecular flexibility index (Phi) is 3.51. The number of carbonyl (C=O) groups excluding carboxylic acids is 2. The summed E-state index contributed by atoms with van der Waals surface area (Å²) in [4.78, 5) is 23.9. The first-order valence-electron chi connectivity index (χ1n) is 4.25. The summed E-state index contributed by atoms with van der Waals surface area (Å²) >= 11 is 0. The third kappa shape index (κ3) is 3.19. The molecule has 1 aliphatic heterocycles. The summed E-state index contributed by atoms with van der Waals surface area (Å²) in [7, 11) is 0. The Hall–Kier alpha value is -2.23. The molecular formula is C11H10N2O2. The van der Waals surface area contributed by atoms with E-state index >= 15 is 0 Å². The topological polar surface area (TPSA) is 72.5 Å². The number of rotatable bonds is 1. The smallest absolute Gasteiger partial charge is 0.270 e. The monoisotopic (exact) mass is 202 g/mol. The van der Waals surface area contributed by atoms with Crippen LogP contribution in [0, 0.1) is 0 Å². The van der Waals surface area contributed by atoms with Crippen molar-refractivity contribution in [3.8, 4) is 0 Å². The summed E-state index contributed by atoms with van der Waals surface area (Å²) in [5, 5.41) is 1.71. The highest BCUT2D eigenvalue weighted by Gasteiger charge is 1.99. The molecule has 2 N–H and O–H groups in total. The molecule has 0 atom stereocenters. The Morgan fingerprint density at radius 1 is 1.40 bits per heavy atom. The maximum absolute atomic E-state index is 10.7. The third-order valence-electron chi connectivity index (χ3n) is 1.65. The van der Waals surface area contributed by atoms with Gasteiger partial charge in [-0.1, -0.05) is 24.8 Å². The fourth-order valence-electron chi connectivity index (χ4n) is 0.995. The molecule has 76 valence electrons. The van der Waals surface area contributed by atoms with Crippen LogP contribution < -0.4 is 16.3 Å². The van der Waals surface area contributed by atoms with Gasteiger partial charge in [-0.05, 0) is 12.1 Å². The molecule has 1 aromatic carbocycles. The van der Waals surface area contributed by atoms with Gasteiger partial charge in [-0.2, -0.15) is 0 Å². The van der Waals surface area contributed by atoms with Gasteiger partial charge in [0.15, 0.2) is 0 Å². The van der Waals surface area contributed by atoms with E-state index in [9.17, 15) is 9.59 Å². The van der Waals surface area contributed by atoms with Crippen molar-refractivity contribution in [1.82, 2.24) is 0 Å². The van der Waals surface area contributed by atoms with E-state index in [0.29, 0.717) is 0 Å². The van der Waals surface area contributed by atoms with Crippen molar-refractivity contribution in [1.29, 1.82) is 0 Å². The molecule has 0 radical (unpaired) electrons. The zero-order valence-corrected chi connectivity index (χ0v) is 8.01. The van der Waals surface area contributed by atoms with Gasteiger partial charge in [0.25, 0.3) is 5.91 Å². The maximum atomic E-state index is 10.7. The van der Waals surface area contributed by atoms with E-state index in [-0.39, 0.29) is 5.91 Å². The van der Waals surface area contributed by atoms with Gasteiger partial charge in [0.1, 0.15) is 0 Å². The summed E-state index contributed by atoms with van der Waals surface area (Å²) in [5.74, 6) is -0.633. The van der Waals surface area contributed by atoms with Crippen LogP contribution in [0.3, 0.4) is 0 Å². The molecule has 0 bridgehead atoms. The highest BCUT2D eigenvalue weighted by atomic mass is 16.1. The maximum Gasteiger partial charge on any atom is 0.270 e. The van der Waals surface area contributed by atoms with Gasteiger partial charge < -0.3 is 5.73 Å². The van der Waals surface area contributed by atoms with Gasteiger partial charge in [-0.15, -0.1) is 0 Å². The van der Waals surface area contributed by atoms with E-state index in [0.717, 1.165) is 16.7 Å². The Morgan fingerprint density at radius 3 is 2.53 bits per heavy atom. The van der Waals surface area contributed by atoms with Crippen LogP contribution in [0.4, 0.5) is 0 Å². The minimum Gasteiger partial charge on any atom is -0.366 e. The second-order valence-corrected chi connectivity index (χ2v) is 2.76.